The Labute approximate surface area is 99.1 Å². The molecule has 0 amide bonds. The Morgan fingerprint density at radius 2 is 1.71 bits per heavy atom. The molecule has 1 nitrogen and oxygen atoms in total. The average molecular weight is 233 g/mol. The first kappa shape index (κ1) is 11.6. The van der Waals surface area contributed by atoms with E-state index in [2.05, 4.69) is 5.32 Å². The molecule has 0 aliphatic heterocycles. The monoisotopic (exact) mass is 233 g/mol. The Hall–Kier alpha value is -1.90. The minimum Gasteiger partial charge on any atom is -0.381 e. The SMILES string of the molecule is Cc1ccc(CNc2ccc(F)cc2)cc1F. The van der Waals surface area contributed by atoms with Crippen molar-refractivity contribution < 1.29 is 8.78 Å². The van der Waals surface area contributed by atoms with Gasteiger partial charge in [-0.15, -0.1) is 0 Å². The minimum absolute atomic E-state index is 0.205. The highest BCUT2D eigenvalue weighted by Gasteiger charge is 1.99. The predicted octanol–water partition coefficient (Wildman–Crippen LogP) is 3.89. The number of aryl methyl sites for hydroxylation is 1. The van der Waals surface area contributed by atoms with Gasteiger partial charge in [0.1, 0.15) is 11.6 Å². The van der Waals surface area contributed by atoms with Gasteiger partial charge in [-0.3, -0.25) is 0 Å². The highest BCUT2D eigenvalue weighted by atomic mass is 19.1. The van der Waals surface area contributed by atoms with Crippen molar-refractivity contribution in [2.45, 2.75) is 13.5 Å². The molecule has 0 aromatic heterocycles. The summed E-state index contributed by atoms with van der Waals surface area (Å²) in [7, 11) is 0. The summed E-state index contributed by atoms with van der Waals surface area (Å²) in [4.78, 5) is 0. The van der Waals surface area contributed by atoms with Crippen LogP contribution in [0.2, 0.25) is 0 Å². The second-order valence-corrected chi connectivity index (χ2v) is 3.94. The summed E-state index contributed by atoms with van der Waals surface area (Å²) in [5, 5.41) is 3.10. The van der Waals surface area contributed by atoms with Gasteiger partial charge < -0.3 is 5.32 Å². The second kappa shape index (κ2) is 4.95. The van der Waals surface area contributed by atoms with E-state index in [-0.39, 0.29) is 11.6 Å². The average Bonchev–Trinajstić information content (AvgIpc) is 2.33. The summed E-state index contributed by atoms with van der Waals surface area (Å²) in [6.07, 6.45) is 0. The molecule has 2 rings (SSSR count). The van der Waals surface area contributed by atoms with Crippen molar-refractivity contribution in [3.8, 4) is 0 Å². The van der Waals surface area contributed by atoms with E-state index in [9.17, 15) is 8.78 Å². The van der Waals surface area contributed by atoms with Crippen LogP contribution in [-0.2, 0) is 6.54 Å². The number of nitrogens with one attached hydrogen (secondary N) is 1. The van der Waals surface area contributed by atoms with Crippen molar-refractivity contribution in [2.24, 2.45) is 0 Å². The van der Waals surface area contributed by atoms with Crippen molar-refractivity contribution in [2.75, 3.05) is 5.32 Å². The Morgan fingerprint density at radius 3 is 2.35 bits per heavy atom. The maximum absolute atomic E-state index is 13.3. The standard InChI is InChI=1S/C14H13F2N/c1-10-2-3-11(8-14(10)16)9-17-13-6-4-12(15)5-7-13/h2-8,17H,9H2,1H3. The molecule has 0 heterocycles. The molecule has 0 bridgehead atoms. The Balaban J connectivity index is 2.02. The van der Waals surface area contributed by atoms with Gasteiger partial charge in [0, 0.05) is 12.2 Å². The topological polar surface area (TPSA) is 12.0 Å². The molecule has 2 aromatic carbocycles. The van der Waals surface area contributed by atoms with Crippen LogP contribution in [0.1, 0.15) is 11.1 Å². The number of hydrogen-bond donors (Lipinski definition) is 1. The molecular weight excluding hydrogens is 220 g/mol. The lowest BCUT2D eigenvalue weighted by molar-refractivity contribution is 0.616. The molecule has 0 saturated heterocycles. The number of anilines is 1. The van der Waals surface area contributed by atoms with Crippen LogP contribution in [0.25, 0.3) is 0 Å². The quantitative estimate of drug-likeness (QED) is 0.848. The molecule has 3 heteroatoms. The molecule has 0 unspecified atom stereocenters. The molecule has 1 N–H and O–H groups in total. The van der Waals surface area contributed by atoms with Gasteiger partial charge in [-0.2, -0.15) is 0 Å². The van der Waals surface area contributed by atoms with Gasteiger partial charge in [-0.25, -0.2) is 8.78 Å². The first-order chi connectivity index (χ1) is 8.15. The Bertz CT molecular complexity index is 506. The third-order valence-electron chi connectivity index (χ3n) is 2.58. The Morgan fingerprint density at radius 1 is 1.00 bits per heavy atom. The zero-order chi connectivity index (χ0) is 12.3. The maximum atomic E-state index is 13.3. The molecule has 17 heavy (non-hydrogen) atoms. The van der Waals surface area contributed by atoms with Crippen LogP contribution in [0.5, 0.6) is 0 Å². The number of benzene rings is 2. The summed E-state index contributed by atoms with van der Waals surface area (Å²) >= 11 is 0. The third kappa shape index (κ3) is 3.03. The van der Waals surface area contributed by atoms with Gasteiger partial charge in [-0.1, -0.05) is 12.1 Å². The highest BCUT2D eigenvalue weighted by molar-refractivity contribution is 5.43. The highest BCUT2D eigenvalue weighted by Crippen LogP contribution is 2.13. The van der Waals surface area contributed by atoms with Crippen molar-refractivity contribution in [1.29, 1.82) is 0 Å². The molecule has 0 spiro atoms. The summed E-state index contributed by atoms with van der Waals surface area (Å²) in [5.74, 6) is -0.472. The molecule has 0 atom stereocenters. The Kier molecular flexibility index (Phi) is 3.38. The van der Waals surface area contributed by atoms with Crippen LogP contribution < -0.4 is 5.32 Å². The normalized spacial score (nSPS) is 10.3. The lowest BCUT2D eigenvalue weighted by Gasteiger charge is -2.07. The molecule has 0 aliphatic carbocycles. The van der Waals surface area contributed by atoms with Gasteiger partial charge in [0.2, 0.25) is 0 Å². The van der Waals surface area contributed by atoms with Crippen LogP contribution in [0, 0.1) is 18.6 Å². The van der Waals surface area contributed by atoms with E-state index in [4.69, 9.17) is 0 Å². The lowest BCUT2D eigenvalue weighted by atomic mass is 10.1. The van der Waals surface area contributed by atoms with Crippen molar-refractivity contribution >= 4 is 5.69 Å². The zero-order valence-corrected chi connectivity index (χ0v) is 9.50. The molecule has 88 valence electrons. The fraction of sp³-hybridized carbons (Fsp3) is 0.143. The van der Waals surface area contributed by atoms with E-state index in [1.54, 1.807) is 25.1 Å². The minimum atomic E-state index is -0.267. The first-order valence-corrected chi connectivity index (χ1v) is 5.39. The second-order valence-electron chi connectivity index (χ2n) is 3.94. The third-order valence-corrected chi connectivity index (χ3v) is 2.58. The van der Waals surface area contributed by atoms with Gasteiger partial charge in [0.05, 0.1) is 0 Å². The van der Waals surface area contributed by atoms with E-state index in [0.29, 0.717) is 12.1 Å². The zero-order valence-electron chi connectivity index (χ0n) is 9.50. The summed E-state index contributed by atoms with van der Waals surface area (Å²) in [6.45, 7) is 2.25. The fourth-order valence-corrected chi connectivity index (χ4v) is 1.52. The van der Waals surface area contributed by atoms with Crippen molar-refractivity contribution in [3.05, 3.63) is 65.2 Å². The van der Waals surface area contributed by atoms with Gasteiger partial charge in [0.25, 0.3) is 0 Å². The van der Waals surface area contributed by atoms with Gasteiger partial charge in [0.15, 0.2) is 0 Å². The van der Waals surface area contributed by atoms with Crippen LogP contribution in [0.15, 0.2) is 42.5 Å². The van der Waals surface area contributed by atoms with E-state index < -0.39 is 0 Å². The number of rotatable bonds is 3. The fourth-order valence-electron chi connectivity index (χ4n) is 1.52. The lowest BCUT2D eigenvalue weighted by Crippen LogP contribution is -2.00. The first-order valence-electron chi connectivity index (χ1n) is 5.39. The summed E-state index contributed by atoms with van der Waals surface area (Å²) in [6, 6.07) is 11.2. The molecule has 2 aromatic rings. The number of hydrogen-bond acceptors (Lipinski definition) is 1. The molecule has 0 radical (unpaired) electrons. The molecule has 0 fully saturated rings. The van der Waals surface area contributed by atoms with Crippen LogP contribution in [-0.4, -0.2) is 0 Å². The van der Waals surface area contributed by atoms with Gasteiger partial charge in [-0.05, 0) is 48.4 Å². The van der Waals surface area contributed by atoms with Crippen molar-refractivity contribution in [1.82, 2.24) is 0 Å². The molecule has 0 saturated carbocycles. The smallest absolute Gasteiger partial charge is 0.126 e. The van der Waals surface area contributed by atoms with Gasteiger partial charge >= 0.3 is 0 Å². The largest absolute Gasteiger partial charge is 0.381 e. The molecule has 0 aliphatic rings. The maximum Gasteiger partial charge on any atom is 0.126 e. The van der Waals surface area contributed by atoms with E-state index >= 15 is 0 Å². The van der Waals surface area contributed by atoms with Crippen molar-refractivity contribution in [3.63, 3.8) is 0 Å². The van der Waals surface area contributed by atoms with E-state index in [0.717, 1.165) is 11.3 Å². The number of halogens is 2. The molecular formula is C14H13F2N. The van der Waals surface area contributed by atoms with Crippen LogP contribution in [0.3, 0.4) is 0 Å². The van der Waals surface area contributed by atoms with Crippen LogP contribution >= 0.6 is 0 Å². The predicted molar refractivity (Wildman–Crippen MR) is 64.9 cm³/mol. The van der Waals surface area contributed by atoms with E-state index in [1.807, 2.05) is 6.07 Å². The summed E-state index contributed by atoms with van der Waals surface area (Å²) < 4.78 is 26.0. The summed E-state index contributed by atoms with van der Waals surface area (Å²) in [5.41, 5.74) is 2.31. The van der Waals surface area contributed by atoms with E-state index in [1.165, 1.54) is 18.2 Å². The van der Waals surface area contributed by atoms with Crippen LogP contribution in [0.4, 0.5) is 14.5 Å².